The minimum atomic E-state index is 0.0802. The number of piperidine rings is 1. The highest BCUT2D eigenvalue weighted by atomic mass is 16.5. The van der Waals surface area contributed by atoms with Gasteiger partial charge in [-0.3, -0.25) is 9.89 Å². The third-order valence-corrected chi connectivity index (χ3v) is 5.55. The van der Waals surface area contributed by atoms with Gasteiger partial charge in [0.25, 0.3) is 0 Å². The Bertz CT molecular complexity index is 439. The number of rotatable bonds is 9. The molecule has 0 radical (unpaired) electrons. The standard InChI is InChI=1S/C21H42N4O2/c1-6-22-20(23-9-7-10-27-19-8-11-26-15-19)24-16-21(4,5)25-13-17(2)12-18(3)14-25/h17-19H,6-16H2,1-5H3,(H2,22,23,24). The van der Waals surface area contributed by atoms with E-state index in [-0.39, 0.29) is 5.54 Å². The molecule has 3 atom stereocenters. The molecule has 0 aliphatic carbocycles. The van der Waals surface area contributed by atoms with Crippen LogP contribution in [0.15, 0.2) is 4.99 Å². The van der Waals surface area contributed by atoms with E-state index >= 15 is 0 Å². The SMILES string of the molecule is CCNC(=NCC(C)(C)N1CC(C)CC(C)C1)NCCCOC1CCOC1. The Morgan fingerprint density at radius 1 is 1.22 bits per heavy atom. The Kier molecular flexibility index (Phi) is 9.33. The lowest BCUT2D eigenvalue weighted by Gasteiger charge is -2.44. The highest BCUT2D eigenvalue weighted by Crippen LogP contribution is 2.27. The molecule has 0 spiro atoms. The van der Waals surface area contributed by atoms with Crippen LogP contribution in [0.2, 0.25) is 0 Å². The van der Waals surface area contributed by atoms with Crippen molar-refractivity contribution in [3.63, 3.8) is 0 Å². The summed E-state index contributed by atoms with van der Waals surface area (Å²) in [6, 6.07) is 0. The van der Waals surface area contributed by atoms with E-state index in [9.17, 15) is 0 Å². The maximum atomic E-state index is 5.83. The van der Waals surface area contributed by atoms with Crippen molar-refractivity contribution in [3.05, 3.63) is 0 Å². The number of aliphatic imine (C=N–C) groups is 1. The van der Waals surface area contributed by atoms with Crippen LogP contribution in [-0.2, 0) is 9.47 Å². The van der Waals surface area contributed by atoms with E-state index in [1.807, 2.05) is 0 Å². The van der Waals surface area contributed by atoms with Gasteiger partial charge in [-0.2, -0.15) is 0 Å². The summed E-state index contributed by atoms with van der Waals surface area (Å²) in [7, 11) is 0. The first-order valence-corrected chi connectivity index (χ1v) is 10.9. The van der Waals surface area contributed by atoms with Crippen LogP contribution in [0.1, 0.15) is 53.9 Å². The second-order valence-corrected chi connectivity index (χ2v) is 9.00. The van der Waals surface area contributed by atoms with Gasteiger partial charge in [0, 0.05) is 44.9 Å². The molecular weight excluding hydrogens is 340 g/mol. The van der Waals surface area contributed by atoms with Gasteiger partial charge in [0.15, 0.2) is 5.96 Å². The fourth-order valence-electron chi connectivity index (χ4n) is 4.04. The van der Waals surface area contributed by atoms with Crippen LogP contribution in [0, 0.1) is 11.8 Å². The molecule has 0 aromatic carbocycles. The van der Waals surface area contributed by atoms with Gasteiger partial charge in [0.2, 0.25) is 0 Å². The van der Waals surface area contributed by atoms with Crippen molar-refractivity contribution in [2.24, 2.45) is 16.8 Å². The van der Waals surface area contributed by atoms with Crippen LogP contribution in [-0.4, -0.2) is 75.0 Å². The van der Waals surface area contributed by atoms with Crippen molar-refractivity contribution in [1.82, 2.24) is 15.5 Å². The molecule has 0 saturated carbocycles. The number of nitrogens with one attached hydrogen (secondary N) is 2. The summed E-state index contributed by atoms with van der Waals surface area (Å²) in [6.45, 7) is 18.8. The van der Waals surface area contributed by atoms with Gasteiger partial charge >= 0.3 is 0 Å². The molecule has 27 heavy (non-hydrogen) atoms. The molecule has 2 aliphatic rings. The first-order chi connectivity index (χ1) is 12.9. The van der Waals surface area contributed by atoms with Gasteiger partial charge in [0.05, 0.1) is 19.3 Å². The van der Waals surface area contributed by atoms with E-state index in [2.05, 4.69) is 50.2 Å². The molecule has 158 valence electrons. The average Bonchev–Trinajstić information content (AvgIpc) is 3.12. The normalized spacial score (nSPS) is 27.7. The van der Waals surface area contributed by atoms with E-state index in [0.29, 0.717) is 6.10 Å². The third kappa shape index (κ3) is 7.96. The maximum absolute atomic E-state index is 5.83. The molecule has 2 fully saturated rings. The quantitative estimate of drug-likeness (QED) is 0.364. The fourth-order valence-corrected chi connectivity index (χ4v) is 4.04. The average molecular weight is 383 g/mol. The van der Waals surface area contributed by atoms with Crippen molar-refractivity contribution >= 4 is 5.96 Å². The van der Waals surface area contributed by atoms with E-state index in [1.165, 1.54) is 19.5 Å². The number of hydrogen-bond donors (Lipinski definition) is 2. The largest absolute Gasteiger partial charge is 0.379 e. The third-order valence-electron chi connectivity index (χ3n) is 5.55. The number of ether oxygens (including phenoxy) is 2. The van der Waals surface area contributed by atoms with Gasteiger partial charge in [-0.15, -0.1) is 0 Å². The number of nitrogens with zero attached hydrogens (tertiary/aromatic N) is 2. The monoisotopic (exact) mass is 382 g/mol. The Balaban J connectivity index is 1.75. The molecule has 0 amide bonds. The maximum Gasteiger partial charge on any atom is 0.191 e. The molecule has 0 bridgehead atoms. The predicted molar refractivity (Wildman–Crippen MR) is 112 cm³/mol. The van der Waals surface area contributed by atoms with Crippen LogP contribution in [0.4, 0.5) is 0 Å². The molecule has 2 N–H and O–H groups in total. The summed E-state index contributed by atoms with van der Waals surface area (Å²) in [4.78, 5) is 7.50. The molecule has 6 heteroatoms. The molecule has 2 saturated heterocycles. The number of guanidine groups is 1. The number of likely N-dealkylation sites (tertiary alicyclic amines) is 1. The van der Waals surface area contributed by atoms with Gasteiger partial charge in [-0.1, -0.05) is 13.8 Å². The van der Waals surface area contributed by atoms with Crippen LogP contribution >= 0.6 is 0 Å². The summed E-state index contributed by atoms with van der Waals surface area (Å²) >= 11 is 0. The van der Waals surface area contributed by atoms with Crippen molar-refractivity contribution < 1.29 is 9.47 Å². The summed E-state index contributed by atoms with van der Waals surface area (Å²) in [5.41, 5.74) is 0.0802. The second-order valence-electron chi connectivity index (χ2n) is 9.00. The van der Waals surface area contributed by atoms with E-state index in [4.69, 9.17) is 14.5 Å². The Labute approximate surface area is 166 Å². The molecule has 2 aliphatic heterocycles. The zero-order chi connectivity index (χ0) is 19.7. The van der Waals surface area contributed by atoms with Crippen molar-refractivity contribution in [1.29, 1.82) is 0 Å². The first kappa shape index (κ1) is 22.4. The zero-order valence-electron chi connectivity index (χ0n) is 18.2. The van der Waals surface area contributed by atoms with Crippen molar-refractivity contribution in [2.45, 2.75) is 65.5 Å². The van der Waals surface area contributed by atoms with Gasteiger partial charge in [-0.05, 0) is 51.9 Å². The second kappa shape index (κ2) is 11.2. The van der Waals surface area contributed by atoms with E-state index in [0.717, 1.165) is 70.1 Å². The summed E-state index contributed by atoms with van der Waals surface area (Å²) in [6.07, 6.45) is 3.64. The predicted octanol–water partition coefficient (Wildman–Crippen LogP) is 2.49. The molecule has 6 nitrogen and oxygen atoms in total. The smallest absolute Gasteiger partial charge is 0.191 e. The Morgan fingerprint density at radius 3 is 2.59 bits per heavy atom. The lowest BCUT2D eigenvalue weighted by Crippen LogP contribution is -2.53. The summed E-state index contributed by atoms with van der Waals surface area (Å²) in [5.74, 6) is 2.45. The van der Waals surface area contributed by atoms with E-state index in [1.54, 1.807) is 0 Å². The Hall–Kier alpha value is -0.850. The van der Waals surface area contributed by atoms with Crippen LogP contribution in [0.5, 0.6) is 0 Å². The first-order valence-electron chi connectivity index (χ1n) is 10.9. The van der Waals surface area contributed by atoms with Crippen LogP contribution < -0.4 is 10.6 Å². The molecule has 2 heterocycles. The molecule has 3 unspecified atom stereocenters. The zero-order valence-corrected chi connectivity index (χ0v) is 18.2. The lowest BCUT2D eigenvalue weighted by molar-refractivity contribution is 0.0419. The van der Waals surface area contributed by atoms with Crippen molar-refractivity contribution in [3.8, 4) is 0 Å². The van der Waals surface area contributed by atoms with Gasteiger partial charge < -0.3 is 20.1 Å². The molecule has 2 rings (SSSR count). The molecule has 0 aromatic heterocycles. The van der Waals surface area contributed by atoms with E-state index < -0.39 is 0 Å². The topological polar surface area (TPSA) is 58.1 Å². The highest BCUT2D eigenvalue weighted by molar-refractivity contribution is 5.79. The molecular formula is C21H42N4O2. The number of hydrogen-bond acceptors (Lipinski definition) is 4. The molecule has 0 aromatic rings. The Morgan fingerprint density at radius 2 is 1.96 bits per heavy atom. The minimum absolute atomic E-state index is 0.0802. The van der Waals surface area contributed by atoms with Crippen LogP contribution in [0.3, 0.4) is 0 Å². The van der Waals surface area contributed by atoms with Gasteiger partial charge in [0.1, 0.15) is 0 Å². The fraction of sp³-hybridized carbons (Fsp3) is 0.952. The highest BCUT2D eigenvalue weighted by Gasteiger charge is 2.32. The summed E-state index contributed by atoms with van der Waals surface area (Å²) < 4.78 is 11.2. The summed E-state index contributed by atoms with van der Waals surface area (Å²) in [5, 5.41) is 6.82. The van der Waals surface area contributed by atoms with Crippen molar-refractivity contribution in [2.75, 3.05) is 52.5 Å². The minimum Gasteiger partial charge on any atom is -0.379 e. The van der Waals surface area contributed by atoms with Crippen LogP contribution in [0.25, 0.3) is 0 Å². The lowest BCUT2D eigenvalue weighted by atomic mass is 9.88. The van der Waals surface area contributed by atoms with Gasteiger partial charge in [-0.25, -0.2) is 0 Å².